The Kier molecular flexibility index (Phi) is 17.5. The molecule has 0 aromatic carbocycles. The van der Waals surface area contributed by atoms with Crippen LogP contribution < -0.4 is 0 Å². The summed E-state index contributed by atoms with van der Waals surface area (Å²) < 4.78 is 5.05. The van der Waals surface area contributed by atoms with Gasteiger partial charge in [-0.2, -0.15) is 0 Å². The summed E-state index contributed by atoms with van der Waals surface area (Å²) in [5, 5.41) is 0. The molecule has 0 aliphatic rings. The van der Waals surface area contributed by atoms with E-state index < -0.39 is 19.8 Å². The van der Waals surface area contributed by atoms with Crippen LogP contribution in [0.25, 0.3) is 0 Å². The molecule has 0 bridgehead atoms. The van der Waals surface area contributed by atoms with E-state index in [9.17, 15) is 0 Å². The molecule has 0 saturated carbocycles. The number of hydrogen-bond acceptors (Lipinski definition) is 0. The van der Waals surface area contributed by atoms with Crippen molar-refractivity contribution in [3.8, 4) is 0 Å². The first-order chi connectivity index (χ1) is 9.14. The quantitative estimate of drug-likeness (QED) is 0.298. The van der Waals surface area contributed by atoms with E-state index in [0.29, 0.717) is 0 Å². The predicted octanol–water partition coefficient (Wildman–Crippen LogP) is 7.21. The largest absolute Gasteiger partial charge is 0.147 e. The molecule has 0 nitrogen and oxygen atoms in total. The molecule has 0 amide bonds. The summed E-state index contributed by atoms with van der Waals surface area (Å²) in [4.78, 5) is 0. The van der Waals surface area contributed by atoms with Crippen molar-refractivity contribution in [3.05, 3.63) is 0 Å². The van der Waals surface area contributed by atoms with E-state index in [1.165, 1.54) is 38.5 Å². The molecule has 0 aliphatic heterocycles. The van der Waals surface area contributed by atoms with Crippen LogP contribution >= 0.6 is 12.4 Å². The van der Waals surface area contributed by atoms with Crippen molar-refractivity contribution in [2.24, 2.45) is 17.8 Å². The van der Waals surface area contributed by atoms with Gasteiger partial charge in [0.25, 0.3) is 0 Å². The molecule has 2 heteroatoms. The van der Waals surface area contributed by atoms with Gasteiger partial charge in [-0.15, -0.1) is 12.4 Å². The molecule has 20 heavy (non-hydrogen) atoms. The van der Waals surface area contributed by atoms with Gasteiger partial charge < -0.3 is 0 Å². The maximum absolute atomic E-state index is 2.41. The van der Waals surface area contributed by atoms with Gasteiger partial charge in [-0.3, -0.25) is 0 Å². The van der Waals surface area contributed by atoms with E-state index in [4.69, 9.17) is 0 Å². The number of rotatable bonds is 12. The fourth-order valence-electron chi connectivity index (χ4n) is 3.21. The fraction of sp³-hybridized carbons (Fsp3) is 1.00. The third kappa shape index (κ3) is 9.92. The van der Waals surface area contributed by atoms with Crippen molar-refractivity contribution >= 4 is 32.2 Å². The summed E-state index contributed by atoms with van der Waals surface area (Å²) in [6.45, 7) is 14.4. The van der Waals surface area contributed by atoms with E-state index in [1.807, 2.05) is 0 Å². The van der Waals surface area contributed by atoms with Crippen LogP contribution in [0.3, 0.4) is 0 Å². The summed E-state index contributed by atoms with van der Waals surface area (Å²) in [6.07, 6.45) is 8.54. The number of halogens is 1. The SMILES string of the molecule is CCC(CC)[CH2][Sn]([CH2]C(CC)CC)[CH2]C(CC)CC.Cl. The van der Waals surface area contributed by atoms with Gasteiger partial charge >= 0.3 is 131 Å². The summed E-state index contributed by atoms with van der Waals surface area (Å²) in [7, 11) is 0. The van der Waals surface area contributed by atoms with Crippen LogP contribution in [0.1, 0.15) is 80.1 Å². The maximum Gasteiger partial charge on any atom is -0.147 e. The van der Waals surface area contributed by atoms with Gasteiger partial charge in [0.2, 0.25) is 0 Å². The van der Waals surface area contributed by atoms with Crippen LogP contribution in [0.5, 0.6) is 0 Å². The van der Waals surface area contributed by atoms with Crippen LogP contribution in [0.4, 0.5) is 0 Å². The molecule has 0 saturated heterocycles. The second-order valence-electron chi connectivity index (χ2n) is 6.41. The summed E-state index contributed by atoms with van der Waals surface area (Å²) in [5.74, 6) is 3.16. The van der Waals surface area contributed by atoms with Gasteiger partial charge in [0.05, 0.1) is 0 Å². The Morgan fingerprint density at radius 3 is 0.850 bits per heavy atom. The minimum Gasteiger partial charge on any atom is -0.147 e. The molecule has 1 radical (unpaired) electrons. The van der Waals surface area contributed by atoms with E-state index in [1.54, 1.807) is 13.3 Å². The van der Waals surface area contributed by atoms with Crippen LogP contribution in [0.2, 0.25) is 13.3 Å². The molecule has 0 spiro atoms. The zero-order chi connectivity index (χ0) is 14.7. The van der Waals surface area contributed by atoms with E-state index in [0.717, 1.165) is 17.8 Å². The Hall–Kier alpha value is 1.09. The Bertz CT molecular complexity index is 151. The van der Waals surface area contributed by atoms with Crippen molar-refractivity contribution < 1.29 is 0 Å². The van der Waals surface area contributed by atoms with Crippen molar-refractivity contribution in [2.45, 2.75) is 93.4 Å². The molecular weight excluding hydrogens is 370 g/mol. The first-order valence-corrected chi connectivity index (χ1v) is 15.0. The Labute approximate surface area is 143 Å². The molecule has 0 rings (SSSR count). The van der Waals surface area contributed by atoms with Crippen molar-refractivity contribution in [3.63, 3.8) is 0 Å². The Morgan fingerprint density at radius 1 is 0.500 bits per heavy atom. The molecule has 0 atom stereocenters. The van der Waals surface area contributed by atoms with Gasteiger partial charge in [-0.1, -0.05) is 0 Å². The maximum atomic E-state index is 2.41. The average molecular weight is 411 g/mol. The van der Waals surface area contributed by atoms with Crippen LogP contribution in [-0.2, 0) is 0 Å². The molecule has 0 aromatic heterocycles. The minimum absolute atomic E-state index is 0. The van der Waals surface area contributed by atoms with Gasteiger partial charge in [0.1, 0.15) is 0 Å². The number of hydrogen-bond donors (Lipinski definition) is 0. The smallest absolute Gasteiger partial charge is 0.147 e. The van der Waals surface area contributed by atoms with E-state index >= 15 is 0 Å². The average Bonchev–Trinajstić information content (AvgIpc) is 2.46. The van der Waals surface area contributed by atoms with Gasteiger partial charge in [-0.05, 0) is 0 Å². The van der Waals surface area contributed by atoms with Crippen molar-refractivity contribution in [1.29, 1.82) is 0 Å². The molecule has 123 valence electrons. The van der Waals surface area contributed by atoms with Gasteiger partial charge in [0, 0.05) is 0 Å². The Morgan fingerprint density at radius 2 is 0.700 bits per heavy atom. The fourth-order valence-corrected chi connectivity index (χ4v) is 16.6. The molecular formula is C18H40ClSn. The van der Waals surface area contributed by atoms with E-state index in [2.05, 4.69) is 41.5 Å². The van der Waals surface area contributed by atoms with Gasteiger partial charge in [0.15, 0.2) is 0 Å². The third-order valence-electron chi connectivity index (χ3n) is 5.20. The standard InChI is InChI=1S/3C6H13.ClH.Sn/c3*1-4-6(3)5-2;;/h3*6H,3-5H2,1-2H3;1H;. The Balaban J connectivity index is 0. The topological polar surface area (TPSA) is 0 Å². The van der Waals surface area contributed by atoms with Crippen LogP contribution in [0.15, 0.2) is 0 Å². The molecule has 0 aliphatic carbocycles. The van der Waals surface area contributed by atoms with Crippen molar-refractivity contribution in [1.82, 2.24) is 0 Å². The molecule has 0 unspecified atom stereocenters. The monoisotopic (exact) mass is 411 g/mol. The first kappa shape index (κ1) is 23.4. The second-order valence-corrected chi connectivity index (χ2v) is 14.2. The van der Waals surface area contributed by atoms with Crippen molar-refractivity contribution in [2.75, 3.05) is 0 Å². The third-order valence-corrected chi connectivity index (χ3v) is 15.1. The summed E-state index contributed by atoms with van der Waals surface area (Å²) in [5.41, 5.74) is 0. The van der Waals surface area contributed by atoms with Crippen LogP contribution in [-0.4, -0.2) is 19.8 Å². The van der Waals surface area contributed by atoms with Crippen LogP contribution in [0, 0.1) is 17.8 Å². The summed E-state index contributed by atoms with van der Waals surface area (Å²) in [6, 6.07) is 0. The zero-order valence-electron chi connectivity index (χ0n) is 15.0. The molecule has 0 fully saturated rings. The normalized spacial score (nSPS) is 11.7. The van der Waals surface area contributed by atoms with E-state index in [-0.39, 0.29) is 12.4 Å². The molecule has 0 N–H and O–H groups in total. The minimum atomic E-state index is -1.14. The zero-order valence-corrected chi connectivity index (χ0v) is 18.7. The summed E-state index contributed by atoms with van der Waals surface area (Å²) >= 11 is -1.14. The predicted molar refractivity (Wildman–Crippen MR) is 99.6 cm³/mol. The molecule has 0 aromatic rings. The second kappa shape index (κ2) is 15.0. The van der Waals surface area contributed by atoms with Gasteiger partial charge in [-0.25, -0.2) is 0 Å². The first-order valence-electron chi connectivity index (χ1n) is 8.98. The molecule has 0 heterocycles.